The number of aryl methyl sites for hydroxylation is 1. The molecule has 2 aromatic carbocycles. The molecule has 0 aliphatic heterocycles. The number of halogens is 3. The molecule has 0 aromatic heterocycles. The van der Waals surface area contributed by atoms with Gasteiger partial charge in [-0.1, -0.05) is 53.0 Å². The van der Waals surface area contributed by atoms with Gasteiger partial charge < -0.3 is 4.74 Å². The van der Waals surface area contributed by atoms with Crippen LogP contribution in [-0.4, -0.2) is 5.24 Å². The van der Waals surface area contributed by atoms with Crippen LogP contribution in [0.5, 0.6) is 5.75 Å². The molecule has 0 radical (unpaired) electrons. The maximum Gasteiger partial charge on any atom is 0.252 e. The van der Waals surface area contributed by atoms with E-state index in [2.05, 4.69) is 0 Å². The van der Waals surface area contributed by atoms with Crippen molar-refractivity contribution in [1.29, 1.82) is 0 Å². The molecule has 0 heterocycles. The smallest absolute Gasteiger partial charge is 0.252 e. The second kappa shape index (κ2) is 6.49. The third-order valence-corrected chi connectivity index (χ3v) is 3.51. The molecule has 0 N–H and O–H groups in total. The molecule has 104 valence electrons. The third kappa shape index (κ3) is 3.66. The van der Waals surface area contributed by atoms with Crippen LogP contribution >= 0.6 is 34.8 Å². The Morgan fingerprint density at radius 2 is 1.65 bits per heavy atom. The maximum absolute atomic E-state index is 11.1. The number of hydrogen-bond donors (Lipinski definition) is 0. The van der Waals surface area contributed by atoms with Crippen LogP contribution in [-0.2, 0) is 6.61 Å². The van der Waals surface area contributed by atoms with Gasteiger partial charge in [0.15, 0.2) is 5.75 Å². The van der Waals surface area contributed by atoms with Gasteiger partial charge in [-0.05, 0) is 36.2 Å². The molecule has 0 saturated carbocycles. The molecule has 0 amide bonds. The van der Waals surface area contributed by atoms with Gasteiger partial charge in [-0.15, -0.1) is 0 Å². The lowest BCUT2D eigenvalue weighted by Gasteiger charge is -2.11. The first-order valence-electron chi connectivity index (χ1n) is 5.84. The van der Waals surface area contributed by atoms with Gasteiger partial charge in [0, 0.05) is 5.56 Å². The van der Waals surface area contributed by atoms with Crippen LogP contribution in [0.3, 0.4) is 0 Å². The summed E-state index contributed by atoms with van der Waals surface area (Å²) in [4.78, 5) is 11.1. The van der Waals surface area contributed by atoms with Crippen molar-refractivity contribution in [3.8, 4) is 5.75 Å². The zero-order valence-electron chi connectivity index (χ0n) is 10.6. The molecule has 0 unspecified atom stereocenters. The summed E-state index contributed by atoms with van der Waals surface area (Å²) in [5.74, 6) is 0.343. The molecule has 2 aromatic rings. The van der Waals surface area contributed by atoms with Crippen LogP contribution < -0.4 is 4.74 Å². The Bertz CT molecular complexity index is 613. The number of carbonyl (C=O) groups is 1. The van der Waals surface area contributed by atoms with E-state index >= 15 is 0 Å². The lowest BCUT2D eigenvalue weighted by molar-refractivity contribution is 0.108. The quantitative estimate of drug-likeness (QED) is 0.715. The Labute approximate surface area is 132 Å². The van der Waals surface area contributed by atoms with Crippen molar-refractivity contribution in [2.45, 2.75) is 13.5 Å². The first-order chi connectivity index (χ1) is 9.47. The Morgan fingerprint density at radius 3 is 2.15 bits per heavy atom. The minimum atomic E-state index is -0.612. The summed E-state index contributed by atoms with van der Waals surface area (Å²) in [6.45, 7) is 2.36. The summed E-state index contributed by atoms with van der Waals surface area (Å²) in [5.41, 5.74) is 2.42. The number of hydrogen-bond acceptors (Lipinski definition) is 2. The highest BCUT2D eigenvalue weighted by Crippen LogP contribution is 2.35. The Hall–Kier alpha value is -1.22. The van der Waals surface area contributed by atoms with Crippen LogP contribution in [0.15, 0.2) is 36.4 Å². The molecular weight excluding hydrogens is 319 g/mol. The molecule has 0 aliphatic carbocycles. The summed E-state index contributed by atoms with van der Waals surface area (Å²) in [6.07, 6.45) is 0. The summed E-state index contributed by atoms with van der Waals surface area (Å²) >= 11 is 17.5. The molecule has 2 rings (SSSR count). The van der Waals surface area contributed by atoms with Crippen molar-refractivity contribution in [3.63, 3.8) is 0 Å². The van der Waals surface area contributed by atoms with Crippen molar-refractivity contribution >= 4 is 40.0 Å². The number of ether oxygens (including phenoxy) is 1. The molecule has 2 nitrogen and oxygen atoms in total. The lowest BCUT2D eigenvalue weighted by Crippen LogP contribution is -1.98. The Kier molecular flexibility index (Phi) is 4.92. The van der Waals surface area contributed by atoms with Crippen LogP contribution in [0.25, 0.3) is 0 Å². The second-order valence-corrected chi connectivity index (χ2v) is 5.47. The predicted octanol–water partition coefficient (Wildman–Crippen LogP) is 5.26. The fourth-order valence-electron chi connectivity index (χ4n) is 1.65. The van der Waals surface area contributed by atoms with Crippen molar-refractivity contribution in [3.05, 3.63) is 63.1 Å². The molecule has 0 spiro atoms. The zero-order valence-corrected chi connectivity index (χ0v) is 12.9. The average molecular weight is 330 g/mol. The highest BCUT2D eigenvalue weighted by Gasteiger charge is 2.13. The van der Waals surface area contributed by atoms with Crippen LogP contribution in [0.1, 0.15) is 21.5 Å². The summed E-state index contributed by atoms with van der Waals surface area (Å²) in [6, 6.07) is 10.8. The normalized spacial score (nSPS) is 10.4. The molecular formula is C15H11Cl3O2. The first kappa shape index (κ1) is 15.2. The summed E-state index contributed by atoms with van der Waals surface area (Å²) in [7, 11) is 0. The van der Waals surface area contributed by atoms with E-state index in [1.165, 1.54) is 17.7 Å². The Morgan fingerprint density at radius 1 is 1.10 bits per heavy atom. The van der Waals surface area contributed by atoms with Crippen LogP contribution in [0.4, 0.5) is 0 Å². The van der Waals surface area contributed by atoms with Crippen molar-refractivity contribution in [2.24, 2.45) is 0 Å². The molecule has 0 saturated heterocycles. The fraction of sp³-hybridized carbons (Fsp3) is 0.133. The van der Waals surface area contributed by atoms with Gasteiger partial charge in [0.25, 0.3) is 5.24 Å². The van der Waals surface area contributed by atoms with Crippen LogP contribution in [0, 0.1) is 6.92 Å². The van der Waals surface area contributed by atoms with Gasteiger partial charge in [0.1, 0.15) is 6.61 Å². The van der Waals surface area contributed by atoms with E-state index in [1.807, 2.05) is 31.2 Å². The predicted molar refractivity (Wildman–Crippen MR) is 82.2 cm³/mol. The monoisotopic (exact) mass is 328 g/mol. The van der Waals surface area contributed by atoms with E-state index in [-0.39, 0.29) is 15.6 Å². The molecule has 0 bridgehead atoms. The second-order valence-electron chi connectivity index (χ2n) is 4.32. The highest BCUT2D eigenvalue weighted by molar-refractivity contribution is 6.68. The first-order valence-corrected chi connectivity index (χ1v) is 6.98. The standard InChI is InChI=1S/C15H11Cl3O2/c1-9-2-4-10(5-3-9)8-20-14-12(16)6-11(15(18)19)7-13(14)17/h2-7H,8H2,1H3. The molecule has 0 fully saturated rings. The SMILES string of the molecule is Cc1ccc(COc2c(Cl)cc(C(=O)Cl)cc2Cl)cc1. The van der Waals surface area contributed by atoms with Gasteiger partial charge >= 0.3 is 0 Å². The molecule has 5 heteroatoms. The number of rotatable bonds is 4. The largest absolute Gasteiger partial charge is 0.486 e. The topological polar surface area (TPSA) is 26.3 Å². The van der Waals surface area contributed by atoms with Gasteiger partial charge in [-0.3, -0.25) is 4.79 Å². The Balaban J connectivity index is 2.17. The fourth-order valence-corrected chi connectivity index (χ4v) is 2.36. The van der Waals surface area contributed by atoms with Gasteiger partial charge in [0.05, 0.1) is 10.0 Å². The van der Waals surface area contributed by atoms with E-state index in [1.54, 1.807) is 0 Å². The zero-order chi connectivity index (χ0) is 14.7. The van der Waals surface area contributed by atoms with E-state index in [0.717, 1.165) is 5.56 Å². The van der Waals surface area contributed by atoms with Crippen molar-refractivity contribution < 1.29 is 9.53 Å². The minimum absolute atomic E-state index is 0.240. The third-order valence-electron chi connectivity index (χ3n) is 2.73. The number of carbonyl (C=O) groups excluding carboxylic acids is 1. The summed E-state index contributed by atoms with van der Waals surface area (Å²) < 4.78 is 5.61. The van der Waals surface area contributed by atoms with Gasteiger partial charge in [-0.25, -0.2) is 0 Å². The van der Waals surface area contributed by atoms with Crippen molar-refractivity contribution in [1.82, 2.24) is 0 Å². The highest BCUT2D eigenvalue weighted by atomic mass is 35.5. The average Bonchev–Trinajstić information content (AvgIpc) is 2.39. The lowest BCUT2D eigenvalue weighted by atomic mass is 10.2. The van der Waals surface area contributed by atoms with E-state index in [4.69, 9.17) is 39.5 Å². The van der Waals surface area contributed by atoms with E-state index < -0.39 is 5.24 Å². The van der Waals surface area contributed by atoms with E-state index in [9.17, 15) is 4.79 Å². The summed E-state index contributed by atoms with van der Waals surface area (Å²) in [5, 5.41) is -0.0962. The van der Waals surface area contributed by atoms with Crippen molar-refractivity contribution in [2.75, 3.05) is 0 Å². The molecule has 0 aliphatic rings. The molecule has 0 atom stereocenters. The number of benzene rings is 2. The minimum Gasteiger partial charge on any atom is -0.486 e. The molecule has 20 heavy (non-hydrogen) atoms. The van der Waals surface area contributed by atoms with E-state index in [0.29, 0.717) is 12.4 Å². The van der Waals surface area contributed by atoms with Crippen LogP contribution in [0.2, 0.25) is 10.0 Å². The maximum atomic E-state index is 11.1. The van der Waals surface area contributed by atoms with Gasteiger partial charge in [0.2, 0.25) is 0 Å². The van der Waals surface area contributed by atoms with Gasteiger partial charge in [-0.2, -0.15) is 0 Å².